The highest BCUT2D eigenvalue weighted by Crippen LogP contribution is 2.33. The van der Waals surface area contributed by atoms with Gasteiger partial charge in [-0.15, -0.1) is 0 Å². The maximum absolute atomic E-state index is 2.30. The quantitative estimate of drug-likeness (QED) is 0.573. The molecule has 2 aromatic carbocycles. The molecule has 94 valence electrons. The summed E-state index contributed by atoms with van der Waals surface area (Å²) in [5.74, 6) is 0. The minimum Gasteiger partial charge on any atom is -0.0836 e. The third kappa shape index (κ3) is 1.96. The standard InChI is InChI=1S/C16H16.C2H6/c1-11-12(2)14-8-4-6-10-16(14)15-9-5-3-7-13(11)15;1-2/h3-5,7-9H,6,10H2,1-2H3;1-2H3. The van der Waals surface area contributed by atoms with Crippen LogP contribution in [0.3, 0.4) is 0 Å². The number of benzene rings is 2. The summed E-state index contributed by atoms with van der Waals surface area (Å²) in [6, 6.07) is 8.80. The van der Waals surface area contributed by atoms with Gasteiger partial charge >= 0.3 is 0 Å². The fraction of sp³-hybridized carbons (Fsp3) is 0.333. The van der Waals surface area contributed by atoms with Crippen molar-refractivity contribution in [1.29, 1.82) is 0 Å². The minimum atomic E-state index is 1.18. The topological polar surface area (TPSA) is 0 Å². The van der Waals surface area contributed by atoms with E-state index in [-0.39, 0.29) is 0 Å². The molecule has 0 amide bonds. The van der Waals surface area contributed by atoms with E-state index >= 15 is 0 Å². The molecule has 0 bridgehead atoms. The first-order valence-electron chi connectivity index (χ1n) is 6.96. The van der Waals surface area contributed by atoms with Crippen molar-refractivity contribution in [3.63, 3.8) is 0 Å². The normalized spacial score (nSPS) is 12.9. The van der Waals surface area contributed by atoms with Crippen molar-refractivity contribution in [1.82, 2.24) is 0 Å². The molecule has 0 saturated carbocycles. The van der Waals surface area contributed by atoms with E-state index < -0.39 is 0 Å². The van der Waals surface area contributed by atoms with Gasteiger partial charge in [0.15, 0.2) is 0 Å². The molecule has 0 nitrogen and oxygen atoms in total. The zero-order chi connectivity index (χ0) is 13.1. The SMILES string of the molecule is CC.Cc1c2c(c3ccccc3c1C)CCC=C2. The van der Waals surface area contributed by atoms with Crippen LogP contribution in [0.1, 0.15) is 42.5 Å². The largest absolute Gasteiger partial charge is 0.0836 e. The Bertz CT molecular complexity index is 589. The maximum Gasteiger partial charge on any atom is -0.0143 e. The van der Waals surface area contributed by atoms with Crippen molar-refractivity contribution in [2.75, 3.05) is 0 Å². The zero-order valence-electron chi connectivity index (χ0n) is 11.9. The molecule has 0 heteroatoms. The van der Waals surface area contributed by atoms with Gasteiger partial charge < -0.3 is 0 Å². The Kier molecular flexibility index (Phi) is 3.86. The lowest BCUT2D eigenvalue weighted by Gasteiger charge is -2.19. The number of hydrogen-bond acceptors (Lipinski definition) is 0. The van der Waals surface area contributed by atoms with Crippen molar-refractivity contribution in [2.45, 2.75) is 40.5 Å². The molecule has 0 aliphatic heterocycles. The van der Waals surface area contributed by atoms with E-state index in [0.29, 0.717) is 0 Å². The first-order chi connectivity index (χ1) is 8.79. The van der Waals surface area contributed by atoms with Gasteiger partial charge in [0.05, 0.1) is 0 Å². The number of allylic oxidation sites excluding steroid dienone is 1. The Labute approximate surface area is 110 Å². The maximum atomic E-state index is 2.30. The lowest BCUT2D eigenvalue weighted by molar-refractivity contribution is 0.991. The summed E-state index contributed by atoms with van der Waals surface area (Å²) in [5, 5.41) is 2.87. The number of hydrogen-bond donors (Lipinski definition) is 0. The number of rotatable bonds is 0. The van der Waals surface area contributed by atoms with Gasteiger partial charge in [-0.1, -0.05) is 50.3 Å². The molecule has 0 saturated heterocycles. The van der Waals surface area contributed by atoms with E-state index in [4.69, 9.17) is 0 Å². The first kappa shape index (κ1) is 12.9. The Morgan fingerprint density at radius 2 is 1.56 bits per heavy atom. The average Bonchev–Trinajstić information content (AvgIpc) is 2.47. The summed E-state index contributed by atoms with van der Waals surface area (Å²) in [4.78, 5) is 0. The lowest BCUT2D eigenvalue weighted by Crippen LogP contribution is -2.00. The molecule has 2 aromatic rings. The minimum absolute atomic E-state index is 1.18. The van der Waals surface area contributed by atoms with Crippen molar-refractivity contribution >= 4 is 16.8 Å². The van der Waals surface area contributed by atoms with Crippen LogP contribution < -0.4 is 0 Å². The van der Waals surface area contributed by atoms with Gasteiger partial charge in [0.1, 0.15) is 0 Å². The fourth-order valence-corrected chi connectivity index (χ4v) is 2.77. The lowest BCUT2D eigenvalue weighted by atomic mass is 9.86. The zero-order valence-corrected chi connectivity index (χ0v) is 11.9. The molecule has 18 heavy (non-hydrogen) atoms. The van der Waals surface area contributed by atoms with Crippen molar-refractivity contribution in [3.05, 3.63) is 52.6 Å². The molecule has 0 N–H and O–H groups in total. The summed E-state index contributed by atoms with van der Waals surface area (Å²) in [6.07, 6.45) is 6.96. The second-order valence-corrected chi connectivity index (χ2v) is 4.63. The Morgan fingerprint density at radius 3 is 2.28 bits per heavy atom. The van der Waals surface area contributed by atoms with Gasteiger partial charge in [-0.3, -0.25) is 0 Å². The Hall–Kier alpha value is -1.56. The van der Waals surface area contributed by atoms with Crippen molar-refractivity contribution in [2.24, 2.45) is 0 Å². The summed E-state index contributed by atoms with van der Waals surface area (Å²) >= 11 is 0. The molecule has 1 aliphatic rings. The second kappa shape index (κ2) is 5.39. The van der Waals surface area contributed by atoms with E-state index in [2.05, 4.69) is 50.3 Å². The van der Waals surface area contributed by atoms with Gasteiger partial charge in [0, 0.05) is 0 Å². The molecule has 1 aliphatic carbocycles. The predicted molar refractivity (Wildman–Crippen MR) is 82.1 cm³/mol. The molecular formula is C18H22. The molecule has 0 radical (unpaired) electrons. The molecule has 0 aromatic heterocycles. The number of aryl methyl sites for hydroxylation is 2. The van der Waals surface area contributed by atoms with Crippen LogP contribution in [-0.4, -0.2) is 0 Å². The van der Waals surface area contributed by atoms with Gasteiger partial charge in [-0.2, -0.15) is 0 Å². The molecule has 0 heterocycles. The molecule has 0 spiro atoms. The third-order valence-electron chi connectivity index (χ3n) is 3.79. The monoisotopic (exact) mass is 238 g/mol. The van der Waals surface area contributed by atoms with E-state index in [9.17, 15) is 0 Å². The van der Waals surface area contributed by atoms with Crippen molar-refractivity contribution < 1.29 is 0 Å². The molecule has 0 atom stereocenters. The van der Waals surface area contributed by atoms with Crippen LogP contribution in [0.4, 0.5) is 0 Å². The fourth-order valence-electron chi connectivity index (χ4n) is 2.77. The van der Waals surface area contributed by atoms with Crippen LogP contribution in [0, 0.1) is 13.8 Å². The van der Waals surface area contributed by atoms with E-state index in [1.54, 1.807) is 5.56 Å². The van der Waals surface area contributed by atoms with Gasteiger partial charge in [0.25, 0.3) is 0 Å². The Balaban J connectivity index is 0.000000574. The highest BCUT2D eigenvalue weighted by molar-refractivity contribution is 5.93. The van der Waals surface area contributed by atoms with Crippen LogP contribution in [0.25, 0.3) is 16.8 Å². The predicted octanol–water partition coefficient (Wildman–Crippen LogP) is 5.44. The highest BCUT2D eigenvalue weighted by atomic mass is 14.2. The summed E-state index contributed by atoms with van der Waals surface area (Å²) in [5.41, 5.74) is 5.88. The molecule has 0 unspecified atom stereocenters. The second-order valence-electron chi connectivity index (χ2n) is 4.63. The third-order valence-corrected chi connectivity index (χ3v) is 3.79. The van der Waals surface area contributed by atoms with Crippen LogP contribution in [-0.2, 0) is 6.42 Å². The summed E-state index contributed by atoms with van der Waals surface area (Å²) < 4.78 is 0. The van der Waals surface area contributed by atoms with E-state index in [0.717, 1.165) is 0 Å². The van der Waals surface area contributed by atoms with E-state index in [1.165, 1.54) is 40.3 Å². The highest BCUT2D eigenvalue weighted by Gasteiger charge is 2.13. The van der Waals surface area contributed by atoms with Gasteiger partial charge in [-0.25, -0.2) is 0 Å². The van der Waals surface area contributed by atoms with Crippen LogP contribution in [0.15, 0.2) is 30.3 Å². The Morgan fingerprint density at radius 1 is 0.889 bits per heavy atom. The summed E-state index contributed by atoms with van der Waals surface area (Å²) in [6.45, 7) is 8.48. The van der Waals surface area contributed by atoms with Crippen molar-refractivity contribution in [3.8, 4) is 0 Å². The van der Waals surface area contributed by atoms with Crippen LogP contribution in [0.2, 0.25) is 0 Å². The van der Waals surface area contributed by atoms with Crippen LogP contribution >= 0.6 is 0 Å². The van der Waals surface area contributed by atoms with Gasteiger partial charge in [0.2, 0.25) is 0 Å². The summed E-state index contributed by atoms with van der Waals surface area (Å²) in [7, 11) is 0. The molecule has 3 rings (SSSR count). The first-order valence-corrected chi connectivity index (χ1v) is 6.96. The smallest absolute Gasteiger partial charge is 0.0143 e. The van der Waals surface area contributed by atoms with Gasteiger partial charge in [-0.05, 0) is 59.7 Å². The van der Waals surface area contributed by atoms with Crippen LogP contribution in [0.5, 0.6) is 0 Å². The average molecular weight is 238 g/mol. The number of fused-ring (bicyclic) bond motifs is 3. The molecular weight excluding hydrogens is 216 g/mol. The molecule has 0 fully saturated rings. The van der Waals surface area contributed by atoms with E-state index in [1.807, 2.05) is 13.8 Å².